The maximum atomic E-state index is 6.34. The molecule has 0 aliphatic rings. The Balaban J connectivity index is 1.22. The van der Waals surface area contributed by atoms with E-state index in [1.165, 1.54) is 10.8 Å². The largest absolute Gasteiger partial charge is 0.454 e. The number of rotatable bonds is 4. The molecule has 4 heterocycles. The second-order valence-electron chi connectivity index (χ2n) is 11.9. The monoisotopic (exact) mass is 615 g/mol. The standard InChI is InChI=1S/C42H25N5O/c1-3-10-26(11-4-1)40-44-41(27-18-19-31-30-14-7-8-17-36(30)47(37(31)24-27)28-12-5-2-6-13-28)46-42(45-40)35-16-9-15-33-29(35)20-21-34-32-22-23-43-25-38(32)48-39(33)34/h1-25H. The summed E-state index contributed by atoms with van der Waals surface area (Å²) in [6.07, 6.45) is 3.57. The van der Waals surface area contributed by atoms with Crippen LogP contribution in [0.15, 0.2) is 156 Å². The van der Waals surface area contributed by atoms with Crippen molar-refractivity contribution in [3.05, 3.63) is 152 Å². The van der Waals surface area contributed by atoms with E-state index in [0.29, 0.717) is 17.5 Å². The van der Waals surface area contributed by atoms with Gasteiger partial charge in [0.25, 0.3) is 0 Å². The van der Waals surface area contributed by atoms with Gasteiger partial charge >= 0.3 is 0 Å². The summed E-state index contributed by atoms with van der Waals surface area (Å²) in [6, 6.07) is 48.1. The number of furan rings is 1. The van der Waals surface area contributed by atoms with Gasteiger partial charge in [-0.15, -0.1) is 0 Å². The molecule has 0 radical (unpaired) electrons. The number of nitrogens with zero attached hydrogens (tertiary/aromatic N) is 5. The Morgan fingerprint density at radius 3 is 2.00 bits per heavy atom. The molecule has 0 amide bonds. The number of para-hydroxylation sites is 2. The van der Waals surface area contributed by atoms with Crippen LogP contribution in [0.2, 0.25) is 0 Å². The summed E-state index contributed by atoms with van der Waals surface area (Å²) in [6.45, 7) is 0. The fourth-order valence-electron chi connectivity index (χ4n) is 6.95. The maximum absolute atomic E-state index is 6.34. The molecule has 0 aliphatic carbocycles. The molecule has 48 heavy (non-hydrogen) atoms. The zero-order valence-corrected chi connectivity index (χ0v) is 25.6. The lowest BCUT2D eigenvalue weighted by Gasteiger charge is -2.11. The molecule has 6 heteroatoms. The van der Waals surface area contributed by atoms with Crippen LogP contribution in [0.5, 0.6) is 0 Å². The van der Waals surface area contributed by atoms with Crippen molar-refractivity contribution in [3.63, 3.8) is 0 Å². The second-order valence-corrected chi connectivity index (χ2v) is 11.9. The number of hydrogen-bond donors (Lipinski definition) is 0. The van der Waals surface area contributed by atoms with Crippen LogP contribution in [0.4, 0.5) is 0 Å². The van der Waals surface area contributed by atoms with Crippen LogP contribution in [-0.2, 0) is 0 Å². The van der Waals surface area contributed by atoms with Crippen molar-refractivity contribution in [1.82, 2.24) is 24.5 Å². The van der Waals surface area contributed by atoms with E-state index in [1.807, 2.05) is 48.5 Å². The topological polar surface area (TPSA) is 69.6 Å². The van der Waals surface area contributed by atoms with E-state index < -0.39 is 0 Å². The van der Waals surface area contributed by atoms with Crippen molar-refractivity contribution >= 4 is 54.5 Å². The molecular formula is C42H25N5O. The first kappa shape index (κ1) is 26.5. The van der Waals surface area contributed by atoms with Crippen LogP contribution in [0.25, 0.3) is 94.4 Å². The highest BCUT2D eigenvalue weighted by molar-refractivity contribution is 6.17. The van der Waals surface area contributed by atoms with Crippen molar-refractivity contribution in [2.45, 2.75) is 0 Å². The third-order valence-corrected chi connectivity index (χ3v) is 9.15. The predicted octanol–water partition coefficient (Wildman–Crippen LogP) is 10.4. The highest BCUT2D eigenvalue weighted by Gasteiger charge is 2.19. The lowest BCUT2D eigenvalue weighted by atomic mass is 10.0. The Morgan fingerprint density at radius 2 is 1.12 bits per heavy atom. The van der Waals surface area contributed by atoms with E-state index in [9.17, 15) is 0 Å². The molecule has 10 rings (SSSR count). The molecule has 10 aromatic rings. The van der Waals surface area contributed by atoms with Gasteiger partial charge in [-0.3, -0.25) is 4.98 Å². The fraction of sp³-hybridized carbons (Fsp3) is 0. The first-order valence-corrected chi connectivity index (χ1v) is 15.9. The van der Waals surface area contributed by atoms with Crippen molar-refractivity contribution in [1.29, 1.82) is 0 Å². The molecule has 0 atom stereocenters. The third kappa shape index (κ3) is 4.06. The van der Waals surface area contributed by atoms with E-state index in [4.69, 9.17) is 19.4 Å². The highest BCUT2D eigenvalue weighted by atomic mass is 16.3. The number of hydrogen-bond acceptors (Lipinski definition) is 5. The first-order chi connectivity index (χ1) is 23.8. The van der Waals surface area contributed by atoms with Gasteiger partial charge < -0.3 is 8.98 Å². The molecule has 0 spiro atoms. The highest BCUT2D eigenvalue weighted by Crippen LogP contribution is 2.38. The van der Waals surface area contributed by atoms with Crippen LogP contribution in [0.1, 0.15) is 0 Å². The van der Waals surface area contributed by atoms with Crippen molar-refractivity contribution in [3.8, 4) is 39.9 Å². The van der Waals surface area contributed by atoms with Gasteiger partial charge in [-0.1, -0.05) is 103 Å². The molecule has 6 nitrogen and oxygen atoms in total. The van der Waals surface area contributed by atoms with E-state index in [-0.39, 0.29) is 0 Å². The molecule has 6 aromatic carbocycles. The van der Waals surface area contributed by atoms with Gasteiger partial charge in [0.05, 0.1) is 17.2 Å². The predicted molar refractivity (Wildman–Crippen MR) is 193 cm³/mol. The van der Waals surface area contributed by atoms with Gasteiger partial charge in [-0.05, 0) is 41.8 Å². The van der Waals surface area contributed by atoms with Crippen LogP contribution < -0.4 is 0 Å². The van der Waals surface area contributed by atoms with Gasteiger partial charge in [0.1, 0.15) is 5.58 Å². The van der Waals surface area contributed by atoms with E-state index in [0.717, 1.165) is 66.1 Å². The zero-order valence-electron chi connectivity index (χ0n) is 25.6. The minimum absolute atomic E-state index is 0.602. The summed E-state index contributed by atoms with van der Waals surface area (Å²) < 4.78 is 8.65. The Labute approximate surface area is 274 Å². The third-order valence-electron chi connectivity index (χ3n) is 9.15. The van der Waals surface area contributed by atoms with Gasteiger partial charge in [-0.25, -0.2) is 15.0 Å². The maximum Gasteiger partial charge on any atom is 0.164 e. The zero-order chi connectivity index (χ0) is 31.6. The lowest BCUT2D eigenvalue weighted by Crippen LogP contribution is -2.01. The van der Waals surface area contributed by atoms with Crippen LogP contribution in [0.3, 0.4) is 0 Å². The van der Waals surface area contributed by atoms with Gasteiger partial charge in [0.2, 0.25) is 0 Å². The SMILES string of the molecule is c1ccc(-c2nc(-c3ccc4c5ccccc5n(-c5ccccc5)c4c3)nc(-c3cccc4c3ccc3c5ccncc5oc43)n2)cc1. The Bertz CT molecular complexity index is 2840. The minimum Gasteiger partial charge on any atom is -0.454 e. The summed E-state index contributed by atoms with van der Waals surface area (Å²) in [4.78, 5) is 19.6. The van der Waals surface area contributed by atoms with Crippen LogP contribution >= 0.6 is 0 Å². The van der Waals surface area contributed by atoms with E-state index in [1.54, 1.807) is 12.4 Å². The van der Waals surface area contributed by atoms with Crippen LogP contribution in [0, 0.1) is 0 Å². The van der Waals surface area contributed by atoms with E-state index >= 15 is 0 Å². The molecule has 0 saturated heterocycles. The number of pyridine rings is 1. The van der Waals surface area contributed by atoms with Crippen molar-refractivity contribution < 1.29 is 4.42 Å². The average Bonchev–Trinajstić information content (AvgIpc) is 3.71. The molecule has 0 unspecified atom stereocenters. The molecule has 224 valence electrons. The molecule has 0 N–H and O–H groups in total. The molecular weight excluding hydrogens is 590 g/mol. The summed E-state index contributed by atoms with van der Waals surface area (Å²) in [7, 11) is 0. The molecule has 0 aliphatic heterocycles. The van der Waals surface area contributed by atoms with Gasteiger partial charge in [0.15, 0.2) is 23.1 Å². The minimum atomic E-state index is 0.602. The number of aromatic nitrogens is 5. The number of fused-ring (bicyclic) bond motifs is 8. The number of benzene rings is 6. The Hall–Kier alpha value is -6.66. The average molecular weight is 616 g/mol. The fourth-order valence-corrected chi connectivity index (χ4v) is 6.95. The summed E-state index contributed by atoms with van der Waals surface area (Å²) in [5, 5.41) is 6.48. The molecule has 0 bridgehead atoms. The molecule has 0 fully saturated rings. The summed E-state index contributed by atoms with van der Waals surface area (Å²) in [5.74, 6) is 1.83. The summed E-state index contributed by atoms with van der Waals surface area (Å²) in [5.41, 5.74) is 7.69. The normalized spacial score (nSPS) is 11.8. The first-order valence-electron chi connectivity index (χ1n) is 15.9. The van der Waals surface area contributed by atoms with Crippen molar-refractivity contribution in [2.75, 3.05) is 0 Å². The Kier molecular flexibility index (Phi) is 5.77. The van der Waals surface area contributed by atoms with E-state index in [2.05, 4.69) is 101 Å². The second kappa shape index (κ2) is 10.4. The van der Waals surface area contributed by atoms with Crippen molar-refractivity contribution in [2.24, 2.45) is 0 Å². The van der Waals surface area contributed by atoms with Gasteiger partial charge in [-0.2, -0.15) is 0 Å². The molecule has 0 saturated carbocycles. The van der Waals surface area contributed by atoms with Crippen LogP contribution in [-0.4, -0.2) is 24.5 Å². The molecule has 4 aromatic heterocycles. The smallest absolute Gasteiger partial charge is 0.164 e. The quantitative estimate of drug-likeness (QED) is 0.197. The van der Waals surface area contributed by atoms with Gasteiger partial charge in [0, 0.05) is 55.5 Å². The summed E-state index contributed by atoms with van der Waals surface area (Å²) >= 11 is 0. The lowest BCUT2D eigenvalue weighted by molar-refractivity contribution is 0.670. The Morgan fingerprint density at radius 1 is 0.458 bits per heavy atom.